The largest absolute Gasteiger partial charge is 0.493 e. The van der Waals surface area contributed by atoms with Gasteiger partial charge in [-0.1, -0.05) is 32.0 Å². The van der Waals surface area contributed by atoms with Crippen LogP contribution < -0.4 is 4.74 Å². The standard InChI is InChI=1S/C20H26BClO3/c1-19(2)13-9-16(19)20(3)17(10-13)24-21(25-20)18(22)8-12-11-23-15-7-5-4-6-14(12)15/h4-7,12-13,16-18H,8-11H2,1-3H3/t12?,13-,16-,17+,18?,20-/m0/s1. The molecule has 1 saturated heterocycles. The fourth-order valence-electron chi connectivity index (χ4n) is 5.86. The zero-order valence-corrected chi connectivity index (χ0v) is 16.0. The number of halogens is 1. The molecule has 6 rings (SSSR count). The lowest BCUT2D eigenvalue weighted by molar-refractivity contribution is -0.199. The molecule has 3 saturated carbocycles. The van der Waals surface area contributed by atoms with Crippen LogP contribution in [0.25, 0.3) is 0 Å². The summed E-state index contributed by atoms with van der Waals surface area (Å²) in [6.07, 6.45) is 3.40. The van der Waals surface area contributed by atoms with Gasteiger partial charge in [-0.15, -0.1) is 11.6 Å². The van der Waals surface area contributed by atoms with E-state index in [1.807, 2.05) is 12.1 Å². The van der Waals surface area contributed by atoms with Gasteiger partial charge in [0.05, 0.1) is 23.6 Å². The van der Waals surface area contributed by atoms with Gasteiger partial charge in [-0.05, 0) is 49.5 Å². The number of alkyl halides is 1. The minimum atomic E-state index is -0.306. The molecule has 25 heavy (non-hydrogen) atoms. The monoisotopic (exact) mass is 360 g/mol. The number of ether oxygens (including phenoxy) is 1. The van der Waals surface area contributed by atoms with E-state index in [0.29, 0.717) is 23.9 Å². The maximum Gasteiger partial charge on any atom is 0.476 e. The summed E-state index contributed by atoms with van der Waals surface area (Å²) in [5, 5.41) is -0.150. The highest BCUT2D eigenvalue weighted by molar-refractivity contribution is 6.59. The second-order valence-corrected chi connectivity index (χ2v) is 9.70. The molecule has 2 unspecified atom stereocenters. The SMILES string of the molecule is CC1(C)[C@@H]2C[C@H]3OB(C(Cl)CC4COc5ccccc54)O[C@@]3(C)[C@H]1C2. The third kappa shape index (κ3) is 2.26. The van der Waals surface area contributed by atoms with E-state index in [1.54, 1.807) is 0 Å². The van der Waals surface area contributed by atoms with Crippen LogP contribution in [0.15, 0.2) is 24.3 Å². The maximum absolute atomic E-state index is 6.79. The molecule has 0 aromatic heterocycles. The Hall–Kier alpha value is -0.705. The molecule has 3 nitrogen and oxygen atoms in total. The van der Waals surface area contributed by atoms with Crippen LogP contribution in [0, 0.1) is 17.3 Å². The maximum atomic E-state index is 6.79. The third-order valence-electron chi connectivity index (χ3n) is 7.57. The summed E-state index contributed by atoms with van der Waals surface area (Å²) in [5.74, 6) is 2.66. The van der Waals surface area contributed by atoms with E-state index in [1.165, 1.54) is 12.0 Å². The second-order valence-electron chi connectivity index (χ2n) is 9.13. The molecule has 1 aromatic rings. The third-order valence-corrected chi connectivity index (χ3v) is 7.96. The normalized spacial score (nSPS) is 41.5. The smallest absolute Gasteiger partial charge is 0.476 e. The van der Waals surface area contributed by atoms with Gasteiger partial charge < -0.3 is 14.0 Å². The number of para-hydroxylation sites is 1. The van der Waals surface area contributed by atoms with E-state index in [0.717, 1.165) is 24.5 Å². The zero-order valence-electron chi connectivity index (χ0n) is 15.2. The Morgan fingerprint density at radius 1 is 1.24 bits per heavy atom. The fourth-order valence-corrected chi connectivity index (χ4v) is 6.19. The summed E-state index contributed by atoms with van der Waals surface area (Å²) in [7, 11) is -0.306. The highest BCUT2D eigenvalue weighted by Crippen LogP contribution is 2.66. The molecular formula is C20H26BClO3. The minimum Gasteiger partial charge on any atom is -0.493 e. The van der Waals surface area contributed by atoms with E-state index in [2.05, 4.69) is 32.9 Å². The van der Waals surface area contributed by atoms with Crippen LogP contribution in [0.2, 0.25) is 0 Å². The van der Waals surface area contributed by atoms with Crippen molar-refractivity contribution in [3.63, 3.8) is 0 Å². The number of benzene rings is 1. The van der Waals surface area contributed by atoms with Crippen LogP contribution in [0.1, 0.15) is 51.5 Å². The molecular weight excluding hydrogens is 334 g/mol. The van der Waals surface area contributed by atoms with Gasteiger partial charge in [-0.3, -0.25) is 0 Å². The van der Waals surface area contributed by atoms with Crippen molar-refractivity contribution < 1.29 is 14.0 Å². The molecule has 2 bridgehead atoms. The lowest BCUT2D eigenvalue weighted by atomic mass is 9.43. The number of fused-ring (bicyclic) bond motifs is 1. The Morgan fingerprint density at radius 2 is 2.04 bits per heavy atom. The molecule has 134 valence electrons. The second kappa shape index (κ2) is 5.40. The van der Waals surface area contributed by atoms with Crippen LogP contribution in [-0.4, -0.2) is 30.7 Å². The molecule has 0 radical (unpaired) electrons. The molecule has 2 heterocycles. The van der Waals surface area contributed by atoms with Gasteiger partial charge in [0.2, 0.25) is 0 Å². The van der Waals surface area contributed by atoms with Crippen molar-refractivity contribution in [1.82, 2.24) is 0 Å². The topological polar surface area (TPSA) is 27.7 Å². The number of rotatable bonds is 3. The Kier molecular flexibility index (Phi) is 3.56. The number of hydrogen-bond donors (Lipinski definition) is 0. The molecule has 5 aliphatic rings. The Labute approximate surface area is 155 Å². The first-order chi connectivity index (χ1) is 11.9. The molecule has 6 atom stereocenters. The first kappa shape index (κ1) is 16.5. The zero-order chi connectivity index (χ0) is 17.4. The van der Waals surface area contributed by atoms with Crippen molar-refractivity contribution in [2.75, 3.05) is 6.61 Å². The Bertz CT molecular complexity index is 695. The molecule has 2 aliphatic heterocycles. The summed E-state index contributed by atoms with van der Waals surface area (Å²) in [6, 6.07) is 8.26. The summed E-state index contributed by atoms with van der Waals surface area (Å²) in [6.45, 7) is 7.72. The van der Waals surface area contributed by atoms with Gasteiger partial charge in [-0.25, -0.2) is 0 Å². The van der Waals surface area contributed by atoms with Gasteiger partial charge in [-0.2, -0.15) is 0 Å². The first-order valence-electron chi connectivity index (χ1n) is 9.58. The van der Waals surface area contributed by atoms with Crippen LogP contribution in [0.3, 0.4) is 0 Å². The molecule has 5 heteroatoms. The summed E-state index contributed by atoms with van der Waals surface area (Å²) in [5.41, 5.74) is 1.45. The summed E-state index contributed by atoms with van der Waals surface area (Å²) < 4.78 is 18.6. The Morgan fingerprint density at radius 3 is 2.84 bits per heavy atom. The highest BCUT2D eigenvalue weighted by Gasteiger charge is 2.68. The van der Waals surface area contributed by atoms with E-state index >= 15 is 0 Å². The predicted octanol–water partition coefficient (Wildman–Crippen LogP) is 4.43. The lowest BCUT2D eigenvalue weighted by Crippen LogP contribution is -2.65. The molecule has 0 amide bonds. The van der Waals surface area contributed by atoms with Crippen LogP contribution >= 0.6 is 11.6 Å². The van der Waals surface area contributed by atoms with Gasteiger partial charge in [0.25, 0.3) is 0 Å². The van der Waals surface area contributed by atoms with E-state index in [-0.39, 0.29) is 24.1 Å². The van der Waals surface area contributed by atoms with E-state index in [4.69, 9.17) is 25.6 Å². The quantitative estimate of drug-likeness (QED) is 0.589. The van der Waals surface area contributed by atoms with Crippen molar-refractivity contribution in [2.45, 2.75) is 62.9 Å². The van der Waals surface area contributed by atoms with Gasteiger partial charge in [0.1, 0.15) is 5.75 Å². The van der Waals surface area contributed by atoms with Crippen LogP contribution in [0.4, 0.5) is 0 Å². The fraction of sp³-hybridized carbons (Fsp3) is 0.700. The van der Waals surface area contributed by atoms with Crippen molar-refractivity contribution in [3.05, 3.63) is 29.8 Å². The van der Waals surface area contributed by atoms with Crippen LogP contribution in [0.5, 0.6) is 5.75 Å². The first-order valence-corrected chi connectivity index (χ1v) is 10.0. The minimum absolute atomic E-state index is 0.150. The van der Waals surface area contributed by atoms with Crippen LogP contribution in [-0.2, 0) is 9.31 Å². The van der Waals surface area contributed by atoms with Gasteiger partial charge in [0.15, 0.2) is 0 Å². The summed E-state index contributed by atoms with van der Waals surface area (Å²) >= 11 is 6.79. The van der Waals surface area contributed by atoms with Crippen molar-refractivity contribution in [3.8, 4) is 5.75 Å². The highest BCUT2D eigenvalue weighted by atomic mass is 35.5. The Balaban J connectivity index is 1.30. The van der Waals surface area contributed by atoms with Crippen molar-refractivity contribution >= 4 is 18.7 Å². The molecule has 0 N–H and O–H groups in total. The molecule has 0 spiro atoms. The lowest BCUT2D eigenvalue weighted by Gasteiger charge is -2.64. The van der Waals surface area contributed by atoms with Gasteiger partial charge >= 0.3 is 7.12 Å². The predicted molar refractivity (Wildman–Crippen MR) is 99.0 cm³/mol. The molecule has 1 aromatic carbocycles. The molecule has 3 aliphatic carbocycles. The summed E-state index contributed by atoms with van der Waals surface area (Å²) in [4.78, 5) is 0. The van der Waals surface area contributed by atoms with Crippen molar-refractivity contribution in [1.29, 1.82) is 0 Å². The van der Waals surface area contributed by atoms with Crippen molar-refractivity contribution in [2.24, 2.45) is 17.3 Å². The number of hydrogen-bond acceptors (Lipinski definition) is 3. The average Bonchev–Trinajstić information content (AvgIpc) is 3.15. The van der Waals surface area contributed by atoms with E-state index in [9.17, 15) is 0 Å². The molecule has 4 fully saturated rings. The van der Waals surface area contributed by atoms with E-state index < -0.39 is 0 Å². The van der Waals surface area contributed by atoms with Gasteiger partial charge in [0, 0.05) is 11.5 Å². The average molecular weight is 361 g/mol.